The number of hydrogen-bond acceptors (Lipinski definition) is 3. The molecule has 1 amide bonds. The van der Waals surface area contributed by atoms with Gasteiger partial charge in [-0.2, -0.15) is 0 Å². The fraction of sp³-hybridized carbons (Fsp3) is 0.429. The molecule has 0 fully saturated rings. The van der Waals surface area contributed by atoms with Crippen molar-refractivity contribution in [3.63, 3.8) is 0 Å². The summed E-state index contributed by atoms with van der Waals surface area (Å²) in [7, 11) is 1.32. The normalized spacial score (nSPS) is 13.5. The van der Waals surface area contributed by atoms with Crippen molar-refractivity contribution in [2.75, 3.05) is 7.11 Å². The summed E-state index contributed by atoms with van der Waals surface area (Å²) in [6.45, 7) is 3.87. The van der Waals surface area contributed by atoms with E-state index in [0.717, 1.165) is 10.9 Å². The molecule has 0 aliphatic rings. The summed E-state index contributed by atoms with van der Waals surface area (Å²) in [5.74, 6) is -0.671. The minimum absolute atomic E-state index is 0.0202. The molecule has 4 nitrogen and oxygen atoms in total. The van der Waals surface area contributed by atoms with Crippen molar-refractivity contribution in [1.29, 1.82) is 0 Å². The van der Waals surface area contributed by atoms with E-state index in [-0.39, 0.29) is 11.8 Å². The molecule has 0 bridgehead atoms. The van der Waals surface area contributed by atoms with E-state index in [1.54, 1.807) is 24.3 Å². The summed E-state index contributed by atoms with van der Waals surface area (Å²) in [6, 6.07) is 6.34. The Hall–Kier alpha value is -1.36. The summed E-state index contributed by atoms with van der Waals surface area (Å²) in [5, 5.41) is 2.73. The lowest BCUT2D eigenvalue weighted by atomic mass is 9.99. The largest absolute Gasteiger partial charge is 0.467 e. The third kappa shape index (κ3) is 4.35. The van der Waals surface area contributed by atoms with Gasteiger partial charge in [-0.1, -0.05) is 36.2 Å². The first-order chi connectivity index (χ1) is 8.99. The number of esters is 1. The van der Waals surface area contributed by atoms with Crippen molar-refractivity contribution in [3.05, 3.63) is 34.3 Å². The Bertz CT molecular complexity index is 445. The van der Waals surface area contributed by atoms with Crippen LogP contribution in [0.2, 0.25) is 0 Å². The molecule has 5 heteroatoms. The second kappa shape index (κ2) is 7.28. The van der Waals surface area contributed by atoms with Crippen LogP contribution in [0.4, 0.5) is 0 Å². The Morgan fingerprint density at radius 3 is 2.37 bits per heavy atom. The van der Waals surface area contributed by atoms with E-state index in [2.05, 4.69) is 21.2 Å². The molecule has 1 rings (SSSR count). The van der Waals surface area contributed by atoms with Gasteiger partial charge in [0.15, 0.2) is 0 Å². The van der Waals surface area contributed by atoms with E-state index in [1.807, 2.05) is 13.8 Å². The van der Waals surface area contributed by atoms with E-state index in [0.29, 0.717) is 5.56 Å². The van der Waals surface area contributed by atoms with Gasteiger partial charge in [0, 0.05) is 10.0 Å². The van der Waals surface area contributed by atoms with Gasteiger partial charge in [-0.15, -0.1) is 0 Å². The van der Waals surface area contributed by atoms with E-state index in [1.165, 1.54) is 7.11 Å². The Kier molecular flexibility index (Phi) is 6.02. The average molecular weight is 328 g/mol. The van der Waals surface area contributed by atoms with Crippen LogP contribution >= 0.6 is 15.9 Å². The van der Waals surface area contributed by atoms with Gasteiger partial charge < -0.3 is 10.1 Å². The van der Waals surface area contributed by atoms with Crippen molar-refractivity contribution in [1.82, 2.24) is 5.32 Å². The van der Waals surface area contributed by atoms with E-state index < -0.39 is 12.0 Å². The maximum Gasteiger partial charge on any atom is 0.328 e. The second-order valence-electron chi connectivity index (χ2n) is 4.37. The highest BCUT2D eigenvalue weighted by Gasteiger charge is 2.26. The van der Waals surface area contributed by atoms with E-state index >= 15 is 0 Å². The number of halogens is 1. The Morgan fingerprint density at radius 2 is 1.89 bits per heavy atom. The standard InChI is InChI=1S/C14H18BrNO3/c1-4-9(2)12(14(18)19-3)16-13(17)10-5-7-11(15)8-6-10/h5-9,12H,4H2,1-3H3,(H,16,17)/t9-,12-/m0/s1. The number of rotatable bonds is 5. The number of benzene rings is 1. The topological polar surface area (TPSA) is 55.4 Å². The molecule has 0 unspecified atom stereocenters. The van der Waals surface area contributed by atoms with Gasteiger partial charge in [0.1, 0.15) is 6.04 Å². The Balaban J connectivity index is 2.81. The third-order valence-corrected chi connectivity index (χ3v) is 3.59. The lowest BCUT2D eigenvalue weighted by Crippen LogP contribution is -2.45. The molecule has 1 N–H and O–H groups in total. The fourth-order valence-electron chi connectivity index (χ4n) is 1.62. The SMILES string of the molecule is CC[C@H](C)[C@H](NC(=O)c1ccc(Br)cc1)C(=O)OC. The van der Waals surface area contributed by atoms with Crippen molar-refractivity contribution in [3.8, 4) is 0 Å². The quantitative estimate of drug-likeness (QED) is 0.846. The molecule has 1 aromatic carbocycles. The summed E-state index contributed by atoms with van der Waals surface area (Å²) < 4.78 is 5.63. The molecule has 0 aliphatic heterocycles. The number of methoxy groups -OCH3 is 1. The van der Waals surface area contributed by atoms with Crippen LogP contribution in [0.5, 0.6) is 0 Å². The van der Waals surface area contributed by atoms with E-state index in [9.17, 15) is 9.59 Å². The smallest absolute Gasteiger partial charge is 0.328 e. The summed E-state index contributed by atoms with van der Waals surface area (Å²) >= 11 is 3.31. The minimum Gasteiger partial charge on any atom is -0.467 e. The number of nitrogens with one attached hydrogen (secondary N) is 1. The molecule has 0 heterocycles. The van der Waals surface area contributed by atoms with Gasteiger partial charge in [-0.05, 0) is 30.2 Å². The van der Waals surface area contributed by atoms with Gasteiger partial charge >= 0.3 is 5.97 Å². The molecular weight excluding hydrogens is 310 g/mol. The van der Waals surface area contributed by atoms with E-state index in [4.69, 9.17) is 4.74 Å². The maximum atomic E-state index is 12.1. The summed E-state index contributed by atoms with van der Waals surface area (Å²) in [6.07, 6.45) is 0.778. The van der Waals surface area contributed by atoms with Crippen LogP contribution < -0.4 is 5.32 Å². The monoisotopic (exact) mass is 327 g/mol. The zero-order valence-electron chi connectivity index (χ0n) is 11.3. The van der Waals surface area contributed by atoms with Gasteiger partial charge in [0.25, 0.3) is 5.91 Å². The van der Waals surface area contributed by atoms with Crippen LogP contribution in [0.15, 0.2) is 28.7 Å². The Labute approximate surface area is 121 Å². The average Bonchev–Trinajstić information content (AvgIpc) is 2.43. The maximum absolute atomic E-state index is 12.1. The molecule has 1 aromatic rings. The third-order valence-electron chi connectivity index (χ3n) is 3.06. The van der Waals surface area contributed by atoms with Crippen molar-refractivity contribution in [2.24, 2.45) is 5.92 Å². The molecule has 19 heavy (non-hydrogen) atoms. The predicted molar refractivity (Wildman–Crippen MR) is 76.9 cm³/mol. The zero-order valence-corrected chi connectivity index (χ0v) is 12.9. The molecular formula is C14H18BrNO3. The first kappa shape index (κ1) is 15.7. The molecule has 0 radical (unpaired) electrons. The van der Waals surface area contributed by atoms with Crippen LogP contribution in [0, 0.1) is 5.92 Å². The van der Waals surface area contributed by atoms with Gasteiger partial charge in [0.2, 0.25) is 0 Å². The van der Waals surface area contributed by atoms with Gasteiger partial charge in [-0.25, -0.2) is 4.79 Å². The summed E-state index contributed by atoms with van der Waals surface area (Å²) in [4.78, 5) is 23.8. The number of carbonyl (C=O) groups excluding carboxylic acids is 2. The molecule has 0 saturated heterocycles. The van der Waals surface area contributed by atoms with Gasteiger partial charge in [0.05, 0.1) is 7.11 Å². The molecule has 104 valence electrons. The highest BCUT2D eigenvalue weighted by atomic mass is 79.9. The number of amides is 1. The zero-order chi connectivity index (χ0) is 14.4. The first-order valence-electron chi connectivity index (χ1n) is 6.13. The van der Waals surface area contributed by atoms with Crippen molar-refractivity contribution < 1.29 is 14.3 Å². The van der Waals surface area contributed by atoms with Crippen LogP contribution in [0.1, 0.15) is 30.6 Å². The van der Waals surface area contributed by atoms with Crippen molar-refractivity contribution >= 4 is 27.8 Å². The highest BCUT2D eigenvalue weighted by Crippen LogP contribution is 2.13. The highest BCUT2D eigenvalue weighted by molar-refractivity contribution is 9.10. The first-order valence-corrected chi connectivity index (χ1v) is 6.93. The molecule has 0 saturated carbocycles. The van der Waals surface area contributed by atoms with Crippen LogP contribution in [0.25, 0.3) is 0 Å². The summed E-state index contributed by atoms with van der Waals surface area (Å²) in [5.41, 5.74) is 0.514. The van der Waals surface area contributed by atoms with Crippen molar-refractivity contribution in [2.45, 2.75) is 26.3 Å². The fourth-order valence-corrected chi connectivity index (χ4v) is 1.89. The van der Waals surface area contributed by atoms with Gasteiger partial charge in [-0.3, -0.25) is 4.79 Å². The van der Waals surface area contributed by atoms with Crippen LogP contribution in [0.3, 0.4) is 0 Å². The number of ether oxygens (including phenoxy) is 1. The molecule has 0 aliphatic carbocycles. The number of hydrogen-bond donors (Lipinski definition) is 1. The second-order valence-corrected chi connectivity index (χ2v) is 5.28. The predicted octanol–water partition coefficient (Wildman–Crippen LogP) is 2.77. The molecule has 0 spiro atoms. The Morgan fingerprint density at radius 1 is 1.32 bits per heavy atom. The molecule has 2 atom stereocenters. The van der Waals surface area contributed by atoms with Crippen LogP contribution in [-0.2, 0) is 9.53 Å². The number of carbonyl (C=O) groups is 2. The lowest BCUT2D eigenvalue weighted by molar-refractivity contribution is -0.144. The minimum atomic E-state index is -0.619. The lowest BCUT2D eigenvalue weighted by Gasteiger charge is -2.21. The van der Waals surface area contributed by atoms with Crippen LogP contribution in [-0.4, -0.2) is 25.0 Å². The molecule has 0 aromatic heterocycles.